The Morgan fingerprint density at radius 2 is 2.04 bits per heavy atom. The highest BCUT2D eigenvalue weighted by atomic mass is 32.2. The summed E-state index contributed by atoms with van der Waals surface area (Å²) in [5.74, 6) is 0.266. The Morgan fingerprint density at radius 1 is 1.25 bits per heavy atom. The van der Waals surface area contributed by atoms with Crippen LogP contribution < -0.4 is 5.32 Å². The second kappa shape index (κ2) is 9.66. The van der Waals surface area contributed by atoms with Gasteiger partial charge in [0.15, 0.2) is 10.9 Å². The lowest BCUT2D eigenvalue weighted by Gasteiger charge is -2.13. The molecule has 1 N–H and O–H groups in total. The predicted octanol–water partition coefficient (Wildman–Crippen LogP) is 3.75. The van der Waals surface area contributed by atoms with Crippen LogP contribution in [-0.4, -0.2) is 32.2 Å². The van der Waals surface area contributed by atoms with Gasteiger partial charge in [0, 0.05) is 23.9 Å². The number of thiophene rings is 1. The number of hydrogen-bond donors (Lipinski definition) is 1. The maximum atomic E-state index is 12.5. The molecule has 3 rings (SSSR count). The highest BCUT2D eigenvalue weighted by molar-refractivity contribution is 7.99. The topological polar surface area (TPSA) is 76.9 Å². The van der Waals surface area contributed by atoms with Gasteiger partial charge in [-0.2, -0.15) is 0 Å². The lowest BCUT2D eigenvalue weighted by Crippen LogP contribution is -2.23. The number of aryl methyl sites for hydroxylation is 2. The van der Waals surface area contributed by atoms with Crippen molar-refractivity contribution in [2.75, 3.05) is 5.75 Å². The molecule has 0 saturated heterocycles. The van der Waals surface area contributed by atoms with Gasteiger partial charge in [-0.05, 0) is 30.4 Å². The van der Waals surface area contributed by atoms with Crippen molar-refractivity contribution in [3.05, 3.63) is 64.1 Å². The van der Waals surface area contributed by atoms with Crippen molar-refractivity contribution in [3.8, 4) is 0 Å². The Morgan fingerprint density at radius 3 is 2.71 bits per heavy atom. The summed E-state index contributed by atoms with van der Waals surface area (Å²) in [6.45, 7) is 4.20. The van der Waals surface area contributed by atoms with Crippen molar-refractivity contribution in [2.45, 2.75) is 38.0 Å². The first kappa shape index (κ1) is 20.3. The molecular formula is C20H22N4O2S2. The van der Waals surface area contributed by atoms with Crippen molar-refractivity contribution < 1.29 is 9.59 Å². The maximum absolute atomic E-state index is 12.5. The van der Waals surface area contributed by atoms with Crippen molar-refractivity contribution in [1.29, 1.82) is 0 Å². The third-order valence-corrected chi connectivity index (χ3v) is 6.16. The van der Waals surface area contributed by atoms with Crippen LogP contribution in [0.25, 0.3) is 0 Å². The van der Waals surface area contributed by atoms with Crippen molar-refractivity contribution >= 4 is 34.8 Å². The van der Waals surface area contributed by atoms with Gasteiger partial charge in [0.2, 0.25) is 5.91 Å². The van der Waals surface area contributed by atoms with E-state index in [1.165, 1.54) is 23.6 Å². The summed E-state index contributed by atoms with van der Waals surface area (Å²) in [5, 5.41) is 13.8. The monoisotopic (exact) mass is 414 g/mol. The van der Waals surface area contributed by atoms with Crippen molar-refractivity contribution in [3.63, 3.8) is 0 Å². The summed E-state index contributed by atoms with van der Waals surface area (Å²) >= 11 is 3.13. The van der Waals surface area contributed by atoms with E-state index in [4.69, 9.17) is 0 Å². The largest absolute Gasteiger partial charge is 0.350 e. The average molecular weight is 415 g/mol. The minimum Gasteiger partial charge on any atom is -0.350 e. The van der Waals surface area contributed by atoms with Crippen LogP contribution >= 0.6 is 23.1 Å². The number of rotatable bonds is 9. The predicted molar refractivity (Wildman–Crippen MR) is 112 cm³/mol. The number of Topliss-reactive ketones (excluding diaryl/α,β-unsaturated/α-hetero) is 1. The van der Waals surface area contributed by atoms with Gasteiger partial charge in [-0.15, -0.1) is 21.5 Å². The van der Waals surface area contributed by atoms with Crippen LogP contribution in [0.4, 0.5) is 0 Å². The van der Waals surface area contributed by atoms with E-state index in [0.717, 1.165) is 23.7 Å². The summed E-state index contributed by atoms with van der Waals surface area (Å²) in [5.41, 5.74) is 1.61. The van der Waals surface area contributed by atoms with Crippen molar-refractivity contribution in [2.24, 2.45) is 0 Å². The number of amides is 1. The highest BCUT2D eigenvalue weighted by Gasteiger charge is 2.12. The zero-order valence-electron chi connectivity index (χ0n) is 15.8. The molecule has 0 bridgehead atoms. The van der Waals surface area contributed by atoms with Gasteiger partial charge >= 0.3 is 0 Å². The SMILES string of the molecule is CC(=O)NC(C)c1ccc(C(=O)CSc2nncn2CCc2cccs2)cc1. The van der Waals surface area contributed by atoms with Crippen LogP contribution in [0.3, 0.4) is 0 Å². The molecule has 1 aromatic carbocycles. The molecule has 146 valence electrons. The number of carbonyl (C=O) groups is 2. The number of nitrogens with zero attached hydrogens (tertiary/aromatic N) is 3. The van der Waals surface area contributed by atoms with Crippen LogP contribution in [0.1, 0.15) is 40.7 Å². The van der Waals surface area contributed by atoms with Gasteiger partial charge in [0.1, 0.15) is 6.33 Å². The fraction of sp³-hybridized carbons (Fsp3) is 0.300. The molecular weight excluding hydrogens is 392 g/mol. The number of carbonyl (C=O) groups excluding carboxylic acids is 2. The second-order valence-corrected chi connectivity index (χ2v) is 8.37. The number of thioether (sulfide) groups is 1. The van der Waals surface area contributed by atoms with Crippen LogP contribution in [0.5, 0.6) is 0 Å². The van der Waals surface area contributed by atoms with E-state index >= 15 is 0 Å². The fourth-order valence-electron chi connectivity index (χ4n) is 2.75. The average Bonchev–Trinajstić information content (AvgIpc) is 3.35. The van der Waals surface area contributed by atoms with E-state index in [-0.39, 0.29) is 17.7 Å². The van der Waals surface area contributed by atoms with Crippen LogP contribution in [0.15, 0.2) is 53.3 Å². The molecule has 0 fully saturated rings. The molecule has 1 unspecified atom stereocenters. The Hall–Kier alpha value is -2.45. The Labute approximate surface area is 172 Å². The molecule has 0 aliphatic rings. The molecule has 3 aromatic rings. The molecule has 8 heteroatoms. The number of ketones is 1. The molecule has 1 amide bonds. The summed E-state index contributed by atoms with van der Waals surface area (Å²) in [6.07, 6.45) is 2.63. The van der Waals surface area contributed by atoms with Gasteiger partial charge in [0.05, 0.1) is 11.8 Å². The molecule has 1 atom stereocenters. The van der Waals surface area contributed by atoms with Gasteiger partial charge < -0.3 is 9.88 Å². The van der Waals surface area contributed by atoms with Crippen LogP contribution in [-0.2, 0) is 17.8 Å². The quantitative estimate of drug-likeness (QED) is 0.426. The molecule has 0 radical (unpaired) electrons. The molecule has 6 nitrogen and oxygen atoms in total. The Kier molecular flexibility index (Phi) is 7.00. The maximum Gasteiger partial charge on any atom is 0.217 e. The standard InChI is InChI=1S/C20H22N4O2S2/c1-14(22-15(2)25)16-5-7-17(8-6-16)19(26)12-28-20-23-21-13-24(20)10-9-18-4-3-11-27-18/h3-8,11,13-14H,9-10,12H2,1-2H3,(H,22,25). The van der Waals surface area contributed by atoms with E-state index in [1.807, 2.05) is 29.7 Å². The number of aromatic nitrogens is 3. The molecule has 28 heavy (non-hydrogen) atoms. The van der Waals surface area contributed by atoms with Gasteiger partial charge in [-0.25, -0.2) is 0 Å². The van der Waals surface area contributed by atoms with Crippen molar-refractivity contribution in [1.82, 2.24) is 20.1 Å². The zero-order chi connectivity index (χ0) is 19.9. The first-order chi connectivity index (χ1) is 13.5. The number of nitrogens with one attached hydrogen (secondary N) is 1. The van der Waals surface area contributed by atoms with Gasteiger partial charge in [-0.1, -0.05) is 42.1 Å². The molecule has 2 aromatic heterocycles. The molecule has 2 heterocycles. The zero-order valence-corrected chi connectivity index (χ0v) is 17.4. The lowest BCUT2D eigenvalue weighted by molar-refractivity contribution is -0.119. The van der Waals surface area contributed by atoms with Gasteiger partial charge in [-0.3, -0.25) is 9.59 Å². The van der Waals surface area contributed by atoms with E-state index in [0.29, 0.717) is 11.3 Å². The van der Waals surface area contributed by atoms with Crippen LogP contribution in [0, 0.1) is 0 Å². The summed E-state index contributed by atoms with van der Waals surface area (Å²) in [4.78, 5) is 25.0. The molecule has 0 aliphatic carbocycles. The molecule has 0 aliphatic heterocycles. The summed E-state index contributed by atoms with van der Waals surface area (Å²) in [6, 6.07) is 11.4. The summed E-state index contributed by atoms with van der Waals surface area (Å²) < 4.78 is 1.98. The smallest absolute Gasteiger partial charge is 0.217 e. The molecule has 0 spiro atoms. The third kappa shape index (κ3) is 5.53. The lowest BCUT2D eigenvalue weighted by atomic mass is 10.0. The highest BCUT2D eigenvalue weighted by Crippen LogP contribution is 2.19. The summed E-state index contributed by atoms with van der Waals surface area (Å²) in [7, 11) is 0. The van der Waals surface area contributed by atoms with E-state index in [2.05, 4.69) is 27.0 Å². The van der Waals surface area contributed by atoms with E-state index in [1.54, 1.807) is 29.8 Å². The fourth-order valence-corrected chi connectivity index (χ4v) is 4.29. The van der Waals surface area contributed by atoms with Crippen LogP contribution in [0.2, 0.25) is 0 Å². The number of hydrogen-bond acceptors (Lipinski definition) is 6. The van der Waals surface area contributed by atoms with Gasteiger partial charge in [0.25, 0.3) is 0 Å². The Balaban J connectivity index is 1.54. The Bertz CT molecular complexity index is 920. The first-order valence-corrected chi connectivity index (χ1v) is 10.8. The minimum atomic E-state index is -0.0853. The van der Waals surface area contributed by atoms with E-state index in [9.17, 15) is 9.59 Å². The molecule has 0 saturated carbocycles. The third-order valence-electron chi connectivity index (χ3n) is 4.24. The number of benzene rings is 1. The normalized spacial score (nSPS) is 11.9. The minimum absolute atomic E-state index is 0.0385. The van der Waals surface area contributed by atoms with E-state index < -0.39 is 0 Å². The second-order valence-electron chi connectivity index (χ2n) is 6.39. The first-order valence-electron chi connectivity index (χ1n) is 8.96.